The Morgan fingerprint density at radius 2 is 1.96 bits per heavy atom. The third kappa shape index (κ3) is 3.89. The molecule has 2 aromatic rings. The summed E-state index contributed by atoms with van der Waals surface area (Å²) in [6.45, 7) is 11.3. The van der Waals surface area contributed by atoms with Gasteiger partial charge in [0, 0.05) is 18.7 Å². The number of esters is 1. The van der Waals surface area contributed by atoms with Crippen molar-refractivity contribution in [2.24, 2.45) is 0 Å². The molecule has 0 radical (unpaired) electrons. The van der Waals surface area contributed by atoms with E-state index < -0.39 is 5.97 Å². The molecule has 1 N–H and O–H groups in total. The van der Waals surface area contributed by atoms with Crippen molar-refractivity contribution >= 4 is 11.9 Å². The zero-order chi connectivity index (χ0) is 18.7. The van der Waals surface area contributed by atoms with Gasteiger partial charge in [-0.05, 0) is 40.2 Å². The molecule has 0 bridgehead atoms. The number of aromatic amines is 1. The Morgan fingerprint density at radius 3 is 2.48 bits per heavy atom. The second kappa shape index (κ2) is 7.50. The lowest BCUT2D eigenvalue weighted by molar-refractivity contribution is 0.0519. The van der Waals surface area contributed by atoms with Crippen LogP contribution < -0.4 is 0 Å². The van der Waals surface area contributed by atoms with Crippen LogP contribution in [0.15, 0.2) is 4.52 Å². The van der Waals surface area contributed by atoms with Crippen molar-refractivity contribution in [2.75, 3.05) is 6.61 Å². The molecule has 0 unspecified atom stereocenters. The van der Waals surface area contributed by atoms with E-state index in [2.05, 4.69) is 15.1 Å². The predicted octanol–water partition coefficient (Wildman–Crippen LogP) is 2.55. The molecule has 0 aromatic carbocycles. The molecule has 25 heavy (non-hydrogen) atoms. The molecule has 136 valence electrons. The maximum absolute atomic E-state index is 13.1. The van der Waals surface area contributed by atoms with Gasteiger partial charge in [0.15, 0.2) is 5.82 Å². The van der Waals surface area contributed by atoms with Crippen molar-refractivity contribution < 1.29 is 18.8 Å². The SMILES string of the molecule is CCOC(=O)c1[nH]c(C)c(C(=O)N(Cc2noc(C)n2)C(C)C)c1C. The number of carbonyl (C=O) groups excluding carboxylic acids is 2. The normalized spacial score (nSPS) is 11.0. The van der Waals surface area contributed by atoms with E-state index in [-0.39, 0.29) is 25.1 Å². The van der Waals surface area contributed by atoms with Crippen LogP contribution in [-0.4, -0.2) is 44.5 Å². The molecule has 0 aliphatic carbocycles. The monoisotopic (exact) mass is 348 g/mol. The topological polar surface area (TPSA) is 101 Å². The van der Waals surface area contributed by atoms with Gasteiger partial charge in [0.1, 0.15) is 5.69 Å². The van der Waals surface area contributed by atoms with E-state index in [1.54, 1.807) is 32.6 Å². The van der Waals surface area contributed by atoms with Gasteiger partial charge in [-0.25, -0.2) is 4.79 Å². The van der Waals surface area contributed by atoms with E-state index >= 15 is 0 Å². The molecular formula is C17H24N4O4. The highest BCUT2D eigenvalue weighted by Crippen LogP contribution is 2.22. The first-order valence-corrected chi connectivity index (χ1v) is 8.22. The second-order valence-electron chi connectivity index (χ2n) is 6.10. The zero-order valence-electron chi connectivity index (χ0n) is 15.5. The lowest BCUT2D eigenvalue weighted by Crippen LogP contribution is -2.37. The Hall–Kier alpha value is -2.64. The Kier molecular flexibility index (Phi) is 5.61. The van der Waals surface area contributed by atoms with E-state index in [0.717, 1.165) is 0 Å². The first-order valence-electron chi connectivity index (χ1n) is 8.22. The molecule has 0 saturated carbocycles. The molecule has 0 fully saturated rings. The van der Waals surface area contributed by atoms with Crippen molar-refractivity contribution in [3.63, 3.8) is 0 Å². The average Bonchev–Trinajstić information content (AvgIpc) is 3.07. The van der Waals surface area contributed by atoms with Crippen LogP contribution in [0.4, 0.5) is 0 Å². The molecule has 2 aromatic heterocycles. The fourth-order valence-electron chi connectivity index (χ4n) is 2.67. The van der Waals surface area contributed by atoms with E-state index in [1.165, 1.54) is 0 Å². The molecule has 2 rings (SSSR count). The Bertz CT molecular complexity index is 776. The van der Waals surface area contributed by atoms with Crippen LogP contribution in [0.5, 0.6) is 0 Å². The standard InChI is InChI=1S/C17H24N4O4/c1-7-24-17(23)15-10(4)14(11(5)18-15)16(22)21(9(2)3)8-13-19-12(6)25-20-13/h9,18H,7-8H2,1-6H3. The maximum atomic E-state index is 13.1. The van der Waals surface area contributed by atoms with Crippen molar-refractivity contribution in [3.05, 3.63) is 34.2 Å². The summed E-state index contributed by atoms with van der Waals surface area (Å²) in [5, 5.41) is 3.85. The molecule has 0 aliphatic rings. The van der Waals surface area contributed by atoms with Gasteiger partial charge in [0.05, 0.1) is 18.7 Å². The van der Waals surface area contributed by atoms with E-state index in [1.807, 2.05) is 13.8 Å². The Morgan fingerprint density at radius 1 is 1.28 bits per heavy atom. The van der Waals surface area contributed by atoms with Gasteiger partial charge in [0.25, 0.3) is 5.91 Å². The van der Waals surface area contributed by atoms with Crippen molar-refractivity contribution in [3.8, 4) is 0 Å². The quantitative estimate of drug-likeness (QED) is 0.805. The molecule has 0 spiro atoms. The summed E-state index contributed by atoms with van der Waals surface area (Å²) < 4.78 is 10.0. The number of H-pyrrole nitrogens is 1. The van der Waals surface area contributed by atoms with Gasteiger partial charge in [0.2, 0.25) is 5.89 Å². The highest BCUT2D eigenvalue weighted by molar-refractivity contribution is 6.01. The highest BCUT2D eigenvalue weighted by atomic mass is 16.5. The number of carbonyl (C=O) groups is 2. The fraction of sp³-hybridized carbons (Fsp3) is 0.529. The summed E-state index contributed by atoms with van der Waals surface area (Å²) in [6.07, 6.45) is 0. The minimum atomic E-state index is -0.466. The number of amides is 1. The van der Waals surface area contributed by atoms with Crippen LogP contribution in [-0.2, 0) is 11.3 Å². The van der Waals surface area contributed by atoms with Gasteiger partial charge in [-0.1, -0.05) is 5.16 Å². The van der Waals surface area contributed by atoms with Crippen LogP contribution in [0.1, 0.15) is 64.6 Å². The lowest BCUT2D eigenvalue weighted by Gasteiger charge is -2.25. The Labute approximate surface area is 146 Å². The number of rotatable bonds is 6. The summed E-state index contributed by atoms with van der Waals surface area (Å²) in [7, 11) is 0. The van der Waals surface area contributed by atoms with Crippen LogP contribution in [0.3, 0.4) is 0 Å². The number of aryl methyl sites for hydroxylation is 2. The van der Waals surface area contributed by atoms with Crippen LogP contribution in [0.25, 0.3) is 0 Å². The molecule has 1 amide bonds. The zero-order valence-corrected chi connectivity index (χ0v) is 15.5. The minimum absolute atomic E-state index is 0.0777. The number of ether oxygens (including phenoxy) is 1. The van der Waals surface area contributed by atoms with Crippen molar-refractivity contribution in [1.82, 2.24) is 20.0 Å². The summed E-state index contributed by atoms with van der Waals surface area (Å²) in [5.74, 6) is 0.229. The summed E-state index contributed by atoms with van der Waals surface area (Å²) in [4.78, 5) is 33.9. The van der Waals surface area contributed by atoms with Gasteiger partial charge in [-0.3, -0.25) is 4.79 Å². The van der Waals surface area contributed by atoms with Gasteiger partial charge in [-0.15, -0.1) is 0 Å². The third-order valence-corrected chi connectivity index (χ3v) is 3.90. The molecule has 8 heteroatoms. The fourth-order valence-corrected chi connectivity index (χ4v) is 2.67. The second-order valence-corrected chi connectivity index (χ2v) is 6.10. The molecule has 8 nitrogen and oxygen atoms in total. The van der Waals surface area contributed by atoms with E-state index in [0.29, 0.717) is 34.2 Å². The number of hydrogen-bond donors (Lipinski definition) is 1. The first kappa shape index (κ1) is 18.7. The molecule has 0 atom stereocenters. The van der Waals surface area contributed by atoms with Gasteiger partial charge < -0.3 is 19.1 Å². The lowest BCUT2D eigenvalue weighted by atomic mass is 10.1. The number of hydrogen-bond acceptors (Lipinski definition) is 6. The van der Waals surface area contributed by atoms with Gasteiger partial charge >= 0.3 is 5.97 Å². The van der Waals surface area contributed by atoms with Crippen molar-refractivity contribution in [2.45, 2.75) is 54.1 Å². The largest absolute Gasteiger partial charge is 0.461 e. The maximum Gasteiger partial charge on any atom is 0.355 e. The predicted molar refractivity (Wildman–Crippen MR) is 90.3 cm³/mol. The van der Waals surface area contributed by atoms with Crippen LogP contribution in [0, 0.1) is 20.8 Å². The number of nitrogens with zero attached hydrogens (tertiary/aromatic N) is 3. The molecule has 2 heterocycles. The van der Waals surface area contributed by atoms with E-state index in [9.17, 15) is 9.59 Å². The summed E-state index contributed by atoms with van der Waals surface area (Å²) >= 11 is 0. The number of aromatic nitrogens is 3. The van der Waals surface area contributed by atoms with Crippen molar-refractivity contribution in [1.29, 1.82) is 0 Å². The smallest absolute Gasteiger partial charge is 0.355 e. The van der Waals surface area contributed by atoms with Gasteiger partial charge in [-0.2, -0.15) is 4.98 Å². The van der Waals surface area contributed by atoms with Crippen LogP contribution >= 0.6 is 0 Å². The minimum Gasteiger partial charge on any atom is -0.461 e. The van der Waals surface area contributed by atoms with E-state index in [4.69, 9.17) is 9.26 Å². The third-order valence-electron chi connectivity index (χ3n) is 3.90. The summed E-state index contributed by atoms with van der Waals surface area (Å²) in [6, 6.07) is -0.0777. The first-order chi connectivity index (χ1) is 11.8. The highest BCUT2D eigenvalue weighted by Gasteiger charge is 2.28. The van der Waals surface area contributed by atoms with Crippen LogP contribution in [0.2, 0.25) is 0 Å². The Balaban J connectivity index is 2.34. The number of nitrogens with one attached hydrogen (secondary N) is 1. The molecule has 0 saturated heterocycles. The summed E-state index contributed by atoms with van der Waals surface area (Å²) in [5.41, 5.74) is 1.98. The molecular weight excluding hydrogens is 324 g/mol. The average molecular weight is 348 g/mol. The molecule has 0 aliphatic heterocycles.